The number of nitrogens with zero attached hydrogens (tertiary/aromatic N) is 3. The smallest absolute Gasteiger partial charge is 0.338 e. The van der Waals surface area contributed by atoms with E-state index < -0.39 is 17.0 Å². The molecule has 2 aromatic carbocycles. The highest BCUT2D eigenvalue weighted by Gasteiger charge is 2.21. The second-order valence-electron chi connectivity index (χ2n) is 7.27. The first-order valence-corrected chi connectivity index (χ1v) is 10.1. The predicted octanol–water partition coefficient (Wildman–Crippen LogP) is 4.12. The summed E-state index contributed by atoms with van der Waals surface area (Å²) in [5.74, 6) is 0.391. The Balaban J connectivity index is 1.33. The van der Waals surface area contributed by atoms with E-state index in [0.29, 0.717) is 23.5 Å². The monoisotopic (exact) mass is 439 g/mol. The highest BCUT2D eigenvalue weighted by molar-refractivity contribution is 5.89. The summed E-state index contributed by atoms with van der Waals surface area (Å²) in [4.78, 5) is 22.7. The summed E-state index contributed by atoms with van der Waals surface area (Å²) < 4.78 is 22.2. The van der Waals surface area contributed by atoms with Crippen LogP contribution in [0, 0.1) is 10.1 Å². The van der Waals surface area contributed by atoms with E-state index in [2.05, 4.69) is 10.2 Å². The molecule has 4 rings (SSSR count). The van der Waals surface area contributed by atoms with Gasteiger partial charge in [-0.15, -0.1) is 10.2 Å². The third kappa shape index (κ3) is 5.09. The first kappa shape index (κ1) is 21.4. The number of benzene rings is 2. The van der Waals surface area contributed by atoms with Crippen LogP contribution in [0.3, 0.4) is 0 Å². The molecule has 0 aliphatic carbocycles. The molecular formula is C22H21N3O7. The molecule has 0 saturated carbocycles. The summed E-state index contributed by atoms with van der Waals surface area (Å²) >= 11 is 0. The second-order valence-corrected chi connectivity index (χ2v) is 7.27. The summed E-state index contributed by atoms with van der Waals surface area (Å²) in [5.41, 5.74) is 0.835. The van der Waals surface area contributed by atoms with Crippen molar-refractivity contribution in [2.45, 2.75) is 32.0 Å². The lowest BCUT2D eigenvalue weighted by Gasteiger charge is -2.12. The molecule has 10 heteroatoms. The number of ether oxygens (including phenoxy) is 3. The maximum absolute atomic E-state index is 12.4. The van der Waals surface area contributed by atoms with Gasteiger partial charge in [-0.25, -0.2) is 4.79 Å². The van der Waals surface area contributed by atoms with Gasteiger partial charge in [-0.1, -0.05) is 0 Å². The van der Waals surface area contributed by atoms with Crippen LogP contribution in [0.5, 0.6) is 5.75 Å². The first-order chi connectivity index (χ1) is 15.5. The molecule has 1 aliphatic heterocycles. The van der Waals surface area contributed by atoms with E-state index in [4.69, 9.17) is 18.6 Å². The largest absolute Gasteiger partial charge is 0.491 e. The van der Waals surface area contributed by atoms with Gasteiger partial charge in [-0.3, -0.25) is 10.1 Å². The van der Waals surface area contributed by atoms with Crippen LogP contribution in [0.4, 0.5) is 5.69 Å². The highest BCUT2D eigenvalue weighted by Crippen LogP contribution is 2.25. The number of rotatable bonds is 8. The Hall–Kier alpha value is -3.79. The summed E-state index contributed by atoms with van der Waals surface area (Å²) in [6, 6.07) is 12.4. The Morgan fingerprint density at radius 2 is 1.94 bits per heavy atom. The highest BCUT2D eigenvalue weighted by atomic mass is 16.6. The number of nitro benzene ring substituents is 1. The van der Waals surface area contributed by atoms with E-state index in [1.54, 1.807) is 31.2 Å². The fourth-order valence-electron chi connectivity index (χ4n) is 3.17. The molecule has 2 heterocycles. The van der Waals surface area contributed by atoms with Crippen molar-refractivity contribution >= 4 is 11.7 Å². The molecule has 166 valence electrons. The molecule has 0 radical (unpaired) electrons. The molecule has 1 aromatic heterocycles. The molecule has 3 aromatic rings. The molecule has 0 N–H and O–H groups in total. The molecule has 2 unspecified atom stereocenters. The Labute approximate surface area is 183 Å². The molecule has 0 bridgehead atoms. The van der Waals surface area contributed by atoms with Gasteiger partial charge in [0.25, 0.3) is 11.6 Å². The molecule has 2 atom stereocenters. The van der Waals surface area contributed by atoms with Crippen LogP contribution in [0.2, 0.25) is 0 Å². The lowest BCUT2D eigenvalue weighted by molar-refractivity contribution is -0.384. The number of carbonyl (C=O) groups is 1. The summed E-state index contributed by atoms with van der Waals surface area (Å²) in [6.07, 6.45) is 1.37. The number of esters is 1. The molecule has 0 amide bonds. The SMILES string of the molecule is CC(OC(=O)c1ccc(OCC2CCCO2)cc1)c1nnc(-c2ccc([N+](=O)[O-])cc2)o1. The maximum atomic E-state index is 12.4. The first-order valence-electron chi connectivity index (χ1n) is 10.1. The average Bonchev–Trinajstić information content (AvgIpc) is 3.50. The fourth-order valence-corrected chi connectivity index (χ4v) is 3.17. The van der Waals surface area contributed by atoms with Crippen LogP contribution in [0.1, 0.15) is 42.1 Å². The number of nitro groups is 1. The van der Waals surface area contributed by atoms with Gasteiger partial charge in [0, 0.05) is 24.3 Å². The van der Waals surface area contributed by atoms with E-state index in [9.17, 15) is 14.9 Å². The minimum absolute atomic E-state index is 0.0425. The Morgan fingerprint density at radius 1 is 1.19 bits per heavy atom. The van der Waals surface area contributed by atoms with Crippen molar-refractivity contribution in [1.82, 2.24) is 10.2 Å². The third-order valence-electron chi connectivity index (χ3n) is 4.95. The van der Waals surface area contributed by atoms with Gasteiger partial charge in [0.15, 0.2) is 6.10 Å². The number of aromatic nitrogens is 2. The van der Waals surface area contributed by atoms with E-state index in [1.807, 2.05) is 0 Å². The van der Waals surface area contributed by atoms with Gasteiger partial charge in [-0.2, -0.15) is 0 Å². The van der Waals surface area contributed by atoms with Crippen molar-refractivity contribution in [2.75, 3.05) is 13.2 Å². The molecule has 32 heavy (non-hydrogen) atoms. The van der Waals surface area contributed by atoms with Gasteiger partial charge in [0.1, 0.15) is 12.4 Å². The molecule has 1 fully saturated rings. The number of hydrogen-bond acceptors (Lipinski definition) is 9. The van der Waals surface area contributed by atoms with E-state index in [1.165, 1.54) is 24.3 Å². The molecule has 1 aliphatic rings. The van der Waals surface area contributed by atoms with Crippen LogP contribution >= 0.6 is 0 Å². The van der Waals surface area contributed by atoms with Crippen molar-refractivity contribution in [3.8, 4) is 17.2 Å². The van der Waals surface area contributed by atoms with Crippen LogP contribution in [-0.2, 0) is 9.47 Å². The average molecular weight is 439 g/mol. The second kappa shape index (κ2) is 9.56. The van der Waals surface area contributed by atoms with Crippen molar-refractivity contribution in [1.29, 1.82) is 0 Å². The Bertz CT molecular complexity index is 1070. The number of non-ortho nitro benzene ring substituents is 1. The van der Waals surface area contributed by atoms with Crippen LogP contribution < -0.4 is 4.74 Å². The molecule has 10 nitrogen and oxygen atoms in total. The maximum Gasteiger partial charge on any atom is 0.338 e. The van der Waals surface area contributed by atoms with E-state index >= 15 is 0 Å². The number of hydrogen-bond donors (Lipinski definition) is 0. The lowest BCUT2D eigenvalue weighted by Crippen LogP contribution is -2.16. The zero-order valence-electron chi connectivity index (χ0n) is 17.3. The van der Waals surface area contributed by atoms with Gasteiger partial charge in [0.05, 0.1) is 16.6 Å². The van der Waals surface area contributed by atoms with Crippen molar-refractivity contribution in [3.05, 3.63) is 70.1 Å². The van der Waals surface area contributed by atoms with Gasteiger partial charge in [-0.05, 0) is 56.2 Å². The Morgan fingerprint density at radius 3 is 2.59 bits per heavy atom. The van der Waals surface area contributed by atoms with Crippen LogP contribution in [0.25, 0.3) is 11.5 Å². The predicted molar refractivity (Wildman–Crippen MR) is 111 cm³/mol. The van der Waals surface area contributed by atoms with Gasteiger partial charge in [0.2, 0.25) is 5.89 Å². The van der Waals surface area contributed by atoms with Crippen molar-refractivity contribution < 1.29 is 28.3 Å². The minimum atomic E-state index is -0.780. The zero-order valence-corrected chi connectivity index (χ0v) is 17.3. The lowest BCUT2D eigenvalue weighted by atomic mass is 10.2. The van der Waals surface area contributed by atoms with Crippen LogP contribution in [0.15, 0.2) is 52.9 Å². The summed E-state index contributed by atoms with van der Waals surface area (Å²) in [7, 11) is 0. The van der Waals surface area contributed by atoms with Crippen molar-refractivity contribution in [3.63, 3.8) is 0 Å². The van der Waals surface area contributed by atoms with Gasteiger partial charge >= 0.3 is 5.97 Å². The van der Waals surface area contributed by atoms with E-state index in [-0.39, 0.29) is 23.6 Å². The van der Waals surface area contributed by atoms with Gasteiger partial charge < -0.3 is 18.6 Å². The van der Waals surface area contributed by atoms with E-state index in [0.717, 1.165) is 19.4 Å². The van der Waals surface area contributed by atoms with Crippen molar-refractivity contribution in [2.24, 2.45) is 0 Å². The number of carbonyl (C=O) groups excluding carboxylic acids is 1. The molecule has 0 spiro atoms. The topological polar surface area (TPSA) is 127 Å². The zero-order chi connectivity index (χ0) is 22.5. The Kier molecular flexibility index (Phi) is 6.41. The standard InChI is InChI=1S/C22H21N3O7/c1-14(20-23-24-21(32-20)15-4-8-17(9-5-15)25(27)28)31-22(26)16-6-10-18(11-7-16)30-13-19-3-2-12-29-19/h4-11,14,19H,2-3,12-13H2,1H3. The molecular weight excluding hydrogens is 418 g/mol. The summed E-state index contributed by atoms with van der Waals surface area (Å²) in [6.45, 7) is 2.87. The third-order valence-corrected chi connectivity index (χ3v) is 4.95. The van der Waals surface area contributed by atoms with Crippen LogP contribution in [-0.4, -0.2) is 40.4 Å². The fraction of sp³-hybridized carbons (Fsp3) is 0.318. The molecule has 1 saturated heterocycles. The summed E-state index contributed by atoms with van der Waals surface area (Å²) in [5, 5.41) is 18.6. The minimum Gasteiger partial charge on any atom is -0.491 e. The normalized spacial score (nSPS) is 16.5. The quantitative estimate of drug-likeness (QED) is 0.289.